The van der Waals surface area contributed by atoms with Gasteiger partial charge in [0.25, 0.3) is 5.91 Å². The SMILES string of the molecule is CN(C)c1nc(CNC(=O)c2cc(-c3cccnc3)on2)nc(N2CCOCC2)n1. The van der Waals surface area contributed by atoms with Crippen LogP contribution in [0.3, 0.4) is 0 Å². The van der Waals surface area contributed by atoms with E-state index in [0.29, 0.717) is 49.8 Å². The third kappa shape index (κ3) is 4.51. The first kappa shape index (κ1) is 19.7. The molecule has 1 amide bonds. The van der Waals surface area contributed by atoms with Gasteiger partial charge in [0.2, 0.25) is 11.9 Å². The van der Waals surface area contributed by atoms with Crippen LogP contribution in [0.25, 0.3) is 11.3 Å². The molecule has 1 aliphatic rings. The molecule has 0 aromatic carbocycles. The predicted octanol–water partition coefficient (Wildman–Crippen LogP) is 0.754. The number of pyridine rings is 1. The third-order valence-corrected chi connectivity index (χ3v) is 4.45. The summed E-state index contributed by atoms with van der Waals surface area (Å²) in [5.74, 6) is 1.64. The fraction of sp³-hybridized carbons (Fsp3) is 0.368. The van der Waals surface area contributed by atoms with E-state index in [1.807, 2.05) is 25.1 Å². The summed E-state index contributed by atoms with van der Waals surface area (Å²) in [5, 5.41) is 6.63. The first-order chi connectivity index (χ1) is 14.6. The Kier molecular flexibility index (Phi) is 5.80. The van der Waals surface area contributed by atoms with Crippen molar-refractivity contribution in [2.45, 2.75) is 6.54 Å². The molecule has 0 atom stereocenters. The maximum atomic E-state index is 12.5. The van der Waals surface area contributed by atoms with Crippen molar-refractivity contribution in [2.75, 3.05) is 50.2 Å². The lowest BCUT2D eigenvalue weighted by Gasteiger charge is -2.27. The number of nitrogens with zero attached hydrogens (tertiary/aromatic N) is 7. The highest BCUT2D eigenvalue weighted by molar-refractivity contribution is 5.92. The Morgan fingerprint density at radius 2 is 2.07 bits per heavy atom. The van der Waals surface area contributed by atoms with Gasteiger partial charge >= 0.3 is 0 Å². The second-order valence-corrected chi connectivity index (χ2v) is 6.85. The molecule has 0 radical (unpaired) electrons. The summed E-state index contributed by atoms with van der Waals surface area (Å²) in [6.45, 7) is 2.80. The van der Waals surface area contributed by atoms with Crippen molar-refractivity contribution in [3.05, 3.63) is 42.1 Å². The van der Waals surface area contributed by atoms with E-state index in [1.54, 1.807) is 29.4 Å². The minimum Gasteiger partial charge on any atom is -0.378 e. The Hall–Kier alpha value is -3.60. The first-order valence-corrected chi connectivity index (χ1v) is 9.50. The largest absolute Gasteiger partial charge is 0.378 e. The van der Waals surface area contributed by atoms with Gasteiger partial charge in [-0.25, -0.2) is 0 Å². The molecule has 1 saturated heterocycles. The first-order valence-electron chi connectivity index (χ1n) is 9.50. The average molecular weight is 410 g/mol. The molecule has 3 aromatic heterocycles. The molecule has 4 heterocycles. The van der Waals surface area contributed by atoms with Gasteiger partial charge in [-0.1, -0.05) is 5.16 Å². The molecule has 3 aromatic rings. The van der Waals surface area contributed by atoms with Gasteiger partial charge in [-0.2, -0.15) is 15.0 Å². The molecule has 1 fully saturated rings. The maximum absolute atomic E-state index is 12.5. The average Bonchev–Trinajstić information content (AvgIpc) is 3.29. The number of morpholine rings is 1. The summed E-state index contributed by atoms with van der Waals surface area (Å²) in [6.07, 6.45) is 3.30. The molecule has 0 saturated carbocycles. The van der Waals surface area contributed by atoms with Crippen molar-refractivity contribution in [1.29, 1.82) is 0 Å². The maximum Gasteiger partial charge on any atom is 0.273 e. The lowest BCUT2D eigenvalue weighted by Crippen LogP contribution is -2.38. The molecule has 1 N–H and O–H groups in total. The van der Waals surface area contributed by atoms with Gasteiger partial charge in [0, 0.05) is 51.2 Å². The van der Waals surface area contributed by atoms with Crippen LogP contribution in [0.15, 0.2) is 35.1 Å². The lowest BCUT2D eigenvalue weighted by molar-refractivity contribution is 0.0941. The summed E-state index contributed by atoms with van der Waals surface area (Å²) < 4.78 is 10.6. The zero-order valence-electron chi connectivity index (χ0n) is 16.8. The van der Waals surface area contributed by atoms with Crippen LogP contribution < -0.4 is 15.1 Å². The number of hydrogen-bond acceptors (Lipinski definition) is 10. The standard InChI is InChI=1S/C19H22N8O3/c1-26(2)18-22-16(23-19(24-18)27-6-8-29-9-7-27)12-21-17(28)14-10-15(30-25-14)13-4-3-5-20-11-13/h3-5,10-11H,6-9,12H2,1-2H3,(H,21,28). The molecule has 156 valence electrons. The molecule has 11 heteroatoms. The molecule has 30 heavy (non-hydrogen) atoms. The van der Waals surface area contributed by atoms with Crippen LogP contribution in [0.4, 0.5) is 11.9 Å². The zero-order valence-corrected chi connectivity index (χ0v) is 16.8. The highest BCUT2D eigenvalue weighted by Crippen LogP contribution is 2.19. The Balaban J connectivity index is 1.47. The molecule has 4 rings (SSSR count). The highest BCUT2D eigenvalue weighted by atomic mass is 16.5. The van der Waals surface area contributed by atoms with Gasteiger partial charge in [0.05, 0.1) is 19.8 Å². The van der Waals surface area contributed by atoms with E-state index in [2.05, 4.69) is 30.4 Å². The van der Waals surface area contributed by atoms with Crippen LogP contribution in [-0.2, 0) is 11.3 Å². The second-order valence-electron chi connectivity index (χ2n) is 6.85. The van der Waals surface area contributed by atoms with Gasteiger partial charge in [-0.3, -0.25) is 9.78 Å². The van der Waals surface area contributed by atoms with E-state index < -0.39 is 0 Å². The van der Waals surface area contributed by atoms with Crippen LogP contribution in [-0.4, -0.2) is 71.4 Å². The predicted molar refractivity (Wildman–Crippen MR) is 108 cm³/mol. The van der Waals surface area contributed by atoms with E-state index >= 15 is 0 Å². The molecule has 0 unspecified atom stereocenters. The Labute approximate surface area is 173 Å². The van der Waals surface area contributed by atoms with Crippen molar-refractivity contribution in [1.82, 2.24) is 30.4 Å². The van der Waals surface area contributed by atoms with E-state index in [-0.39, 0.29) is 18.1 Å². The number of anilines is 2. The van der Waals surface area contributed by atoms with Crippen LogP contribution in [0.1, 0.15) is 16.3 Å². The Morgan fingerprint density at radius 1 is 1.23 bits per heavy atom. The summed E-state index contributed by atoms with van der Waals surface area (Å²) >= 11 is 0. The summed E-state index contributed by atoms with van der Waals surface area (Å²) in [5.41, 5.74) is 0.913. The number of amides is 1. The fourth-order valence-corrected chi connectivity index (χ4v) is 2.86. The van der Waals surface area contributed by atoms with Gasteiger partial charge in [0.15, 0.2) is 17.3 Å². The van der Waals surface area contributed by atoms with Crippen molar-refractivity contribution >= 4 is 17.8 Å². The molecular formula is C19H22N8O3. The Morgan fingerprint density at radius 3 is 2.80 bits per heavy atom. The van der Waals surface area contributed by atoms with Gasteiger partial charge in [-0.15, -0.1) is 0 Å². The number of hydrogen-bond donors (Lipinski definition) is 1. The van der Waals surface area contributed by atoms with Crippen LogP contribution in [0, 0.1) is 0 Å². The number of nitrogens with one attached hydrogen (secondary N) is 1. The zero-order chi connectivity index (χ0) is 20.9. The number of aromatic nitrogens is 5. The summed E-state index contributed by atoms with van der Waals surface area (Å²) in [4.78, 5) is 33.8. The van der Waals surface area contributed by atoms with Gasteiger partial charge in [0.1, 0.15) is 0 Å². The monoisotopic (exact) mass is 410 g/mol. The number of carbonyl (C=O) groups excluding carboxylic acids is 1. The van der Waals surface area contributed by atoms with Crippen LogP contribution in [0.2, 0.25) is 0 Å². The topological polar surface area (TPSA) is 122 Å². The quantitative estimate of drug-likeness (QED) is 0.623. The molecule has 11 nitrogen and oxygen atoms in total. The van der Waals surface area contributed by atoms with Crippen LogP contribution >= 0.6 is 0 Å². The minimum atomic E-state index is -0.381. The number of rotatable bonds is 6. The summed E-state index contributed by atoms with van der Waals surface area (Å²) in [6, 6.07) is 5.19. The van der Waals surface area contributed by atoms with Gasteiger partial charge < -0.3 is 24.4 Å². The normalized spacial score (nSPS) is 13.9. The molecule has 0 aliphatic carbocycles. The Bertz CT molecular complexity index is 1000. The van der Waals surface area contributed by atoms with Crippen LogP contribution in [0.5, 0.6) is 0 Å². The van der Waals surface area contributed by atoms with Crippen molar-refractivity contribution in [2.24, 2.45) is 0 Å². The smallest absolute Gasteiger partial charge is 0.273 e. The third-order valence-electron chi connectivity index (χ3n) is 4.45. The fourth-order valence-electron chi connectivity index (χ4n) is 2.86. The molecule has 0 bridgehead atoms. The summed E-state index contributed by atoms with van der Waals surface area (Å²) in [7, 11) is 3.71. The molecule has 0 spiro atoms. The van der Waals surface area contributed by atoms with Gasteiger partial charge in [-0.05, 0) is 12.1 Å². The van der Waals surface area contributed by atoms with E-state index in [1.165, 1.54) is 0 Å². The molecular weight excluding hydrogens is 388 g/mol. The second kappa shape index (κ2) is 8.82. The van der Waals surface area contributed by atoms with E-state index in [0.717, 1.165) is 5.56 Å². The van der Waals surface area contributed by atoms with Crippen molar-refractivity contribution < 1.29 is 14.1 Å². The van der Waals surface area contributed by atoms with Crippen molar-refractivity contribution in [3.8, 4) is 11.3 Å². The number of ether oxygens (including phenoxy) is 1. The minimum absolute atomic E-state index is 0.134. The van der Waals surface area contributed by atoms with Crippen molar-refractivity contribution in [3.63, 3.8) is 0 Å². The highest BCUT2D eigenvalue weighted by Gasteiger charge is 2.18. The molecule has 1 aliphatic heterocycles. The lowest BCUT2D eigenvalue weighted by atomic mass is 10.2. The number of carbonyl (C=O) groups is 1. The van der Waals surface area contributed by atoms with E-state index in [4.69, 9.17) is 9.26 Å². The van der Waals surface area contributed by atoms with E-state index in [9.17, 15) is 4.79 Å².